The number of rotatable bonds is 16. The van der Waals surface area contributed by atoms with Gasteiger partial charge < -0.3 is 41.4 Å². The predicted molar refractivity (Wildman–Crippen MR) is 185 cm³/mol. The van der Waals surface area contributed by atoms with Crippen molar-refractivity contribution in [1.82, 2.24) is 10.6 Å². The lowest BCUT2D eigenvalue weighted by Crippen LogP contribution is -2.51. The van der Waals surface area contributed by atoms with E-state index in [0.29, 0.717) is 0 Å². The van der Waals surface area contributed by atoms with Gasteiger partial charge in [0.2, 0.25) is 11.7 Å². The Labute approximate surface area is 293 Å². The molecular formula is C37H38N4O10. The van der Waals surface area contributed by atoms with Crippen molar-refractivity contribution >= 4 is 35.6 Å². The highest BCUT2D eigenvalue weighted by molar-refractivity contribution is 5.96. The van der Waals surface area contributed by atoms with E-state index >= 15 is 0 Å². The van der Waals surface area contributed by atoms with Gasteiger partial charge in [0.1, 0.15) is 30.2 Å². The first kappa shape index (κ1) is 38.7. The average Bonchev–Trinajstić information content (AvgIpc) is 3.13. The number of nitrogens with one attached hydrogen (secondary N) is 2. The molecule has 0 fully saturated rings. The quantitative estimate of drug-likeness (QED) is 0.115. The van der Waals surface area contributed by atoms with E-state index in [-0.39, 0.29) is 54.7 Å². The Kier molecular flexibility index (Phi) is 15.2. The number of hydrogen-bond acceptors (Lipinski definition) is 9. The van der Waals surface area contributed by atoms with E-state index in [1.165, 1.54) is 31.2 Å². The number of alkyl carbamates (subject to hydrolysis) is 1. The van der Waals surface area contributed by atoms with Crippen LogP contribution in [-0.2, 0) is 32.1 Å². The molecule has 7 N–H and O–H groups in total. The molecule has 0 aliphatic heterocycles. The van der Waals surface area contributed by atoms with Gasteiger partial charge in [0.05, 0.1) is 11.1 Å². The maximum absolute atomic E-state index is 12.4. The smallest absolute Gasteiger partial charge is 0.408 e. The number of ketones is 1. The van der Waals surface area contributed by atoms with Crippen LogP contribution in [0.3, 0.4) is 0 Å². The first-order valence-corrected chi connectivity index (χ1v) is 15.5. The second-order valence-corrected chi connectivity index (χ2v) is 10.9. The third-order valence-corrected chi connectivity index (χ3v) is 6.92. The van der Waals surface area contributed by atoms with E-state index in [1.54, 1.807) is 24.3 Å². The Bertz CT molecular complexity index is 1740. The molecule has 0 bridgehead atoms. The van der Waals surface area contributed by atoms with Crippen molar-refractivity contribution in [2.24, 2.45) is 11.5 Å². The molecule has 4 aromatic carbocycles. The van der Waals surface area contributed by atoms with Crippen LogP contribution in [-0.4, -0.2) is 66.0 Å². The van der Waals surface area contributed by atoms with E-state index in [2.05, 4.69) is 10.6 Å². The molecule has 51 heavy (non-hydrogen) atoms. The highest BCUT2D eigenvalue weighted by Crippen LogP contribution is 2.18. The van der Waals surface area contributed by atoms with Crippen LogP contribution in [0.15, 0.2) is 109 Å². The predicted octanol–water partition coefficient (Wildman–Crippen LogP) is 3.02. The van der Waals surface area contributed by atoms with E-state index in [9.17, 15) is 28.8 Å². The molecule has 0 spiro atoms. The van der Waals surface area contributed by atoms with E-state index in [4.69, 9.17) is 30.8 Å². The second kappa shape index (κ2) is 20.0. The summed E-state index contributed by atoms with van der Waals surface area (Å²) in [6.07, 6.45) is -0.544. The van der Waals surface area contributed by atoms with E-state index in [1.807, 2.05) is 60.7 Å². The van der Waals surface area contributed by atoms with Gasteiger partial charge in [0, 0.05) is 6.42 Å². The fourth-order valence-corrected chi connectivity index (χ4v) is 4.29. The van der Waals surface area contributed by atoms with Crippen LogP contribution in [0.5, 0.6) is 11.5 Å². The number of hydrogen-bond donors (Lipinski definition) is 5. The van der Waals surface area contributed by atoms with Crippen molar-refractivity contribution in [3.8, 4) is 11.5 Å². The Morgan fingerprint density at radius 2 is 1.10 bits per heavy atom. The molecule has 4 rings (SSSR count). The van der Waals surface area contributed by atoms with Crippen molar-refractivity contribution in [1.29, 1.82) is 0 Å². The van der Waals surface area contributed by atoms with Crippen LogP contribution in [0.2, 0.25) is 0 Å². The standard InChI is InChI=1S/C20H22N2O5.C17H16N2O5/c1-14(19(24)25)21-18(23)17(12-15-8-4-2-5-9-15)22-20(26)27-13-16-10-6-3-7-11-16;18-16(21)12-5-1-3-7-14(12)23-9-11(20)10-24-15-8-4-2-6-13(15)17(19)22/h2-11,14,17H,12-13H2,1H3,(H,21,23)(H,22,26)(H,24,25);1-8H,9-10H2,(H2,18,21)(H2,19,22)/t14-,17-;/m0./s1. The second-order valence-electron chi connectivity index (χ2n) is 10.9. The number of amides is 4. The summed E-state index contributed by atoms with van der Waals surface area (Å²) in [5.74, 6) is -2.99. The highest BCUT2D eigenvalue weighted by Gasteiger charge is 2.25. The first-order chi connectivity index (χ1) is 24.4. The molecule has 0 saturated carbocycles. The minimum Gasteiger partial charge on any atom is -0.485 e. The summed E-state index contributed by atoms with van der Waals surface area (Å²) in [7, 11) is 0. The number of primary amides is 2. The summed E-state index contributed by atoms with van der Waals surface area (Å²) < 4.78 is 15.8. The summed E-state index contributed by atoms with van der Waals surface area (Å²) in [6, 6.07) is 28.9. The molecule has 0 unspecified atom stereocenters. The summed E-state index contributed by atoms with van der Waals surface area (Å²) in [5, 5.41) is 13.9. The number of para-hydroxylation sites is 2. The molecule has 14 nitrogen and oxygen atoms in total. The fourth-order valence-electron chi connectivity index (χ4n) is 4.29. The van der Waals surface area contributed by atoms with Gasteiger partial charge in [0.25, 0.3) is 11.8 Å². The molecule has 4 amide bonds. The third kappa shape index (κ3) is 13.4. The zero-order valence-corrected chi connectivity index (χ0v) is 27.7. The monoisotopic (exact) mass is 698 g/mol. The third-order valence-electron chi connectivity index (χ3n) is 6.92. The van der Waals surface area contributed by atoms with Crippen LogP contribution in [0, 0.1) is 0 Å². The van der Waals surface area contributed by atoms with Crippen LogP contribution in [0.4, 0.5) is 4.79 Å². The van der Waals surface area contributed by atoms with Crippen molar-refractivity contribution in [2.75, 3.05) is 13.2 Å². The molecular weight excluding hydrogens is 660 g/mol. The molecule has 0 heterocycles. The molecule has 2 atom stereocenters. The zero-order valence-electron chi connectivity index (χ0n) is 27.7. The largest absolute Gasteiger partial charge is 0.485 e. The summed E-state index contributed by atoms with van der Waals surface area (Å²) in [6.45, 7) is 0.817. The SMILES string of the molecule is C[C@H](NC(=O)[C@H](Cc1ccccc1)NC(=O)OCc1ccccc1)C(=O)O.NC(=O)c1ccccc1OCC(=O)COc1ccccc1C(N)=O. The number of ether oxygens (including phenoxy) is 3. The average molecular weight is 699 g/mol. The summed E-state index contributed by atoms with van der Waals surface area (Å²) in [5.41, 5.74) is 12.5. The van der Waals surface area contributed by atoms with Gasteiger partial charge in [-0.05, 0) is 42.3 Å². The molecule has 0 aliphatic carbocycles. The molecule has 0 saturated heterocycles. The minimum atomic E-state index is -1.16. The van der Waals surface area contributed by atoms with Gasteiger partial charge >= 0.3 is 12.1 Å². The van der Waals surface area contributed by atoms with E-state index in [0.717, 1.165) is 11.1 Å². The van der Waals surface area contributed by atoms with Crippen molar-refractivity contribution < 1.29 is 48.1 Å². The number of aliphatic carboxylic acids is 1. The topological polar surface area (TPSA) is 226 Å². The fraction of sp³-hybridized carbons (Fsp3) is 0.189. The van der Waals surface area contributed by atoms with Gasteiger partial charge in [-0.1, -0.05) is 84.9 Å². The molecule has 266 valence electrons. The van der Waals surface area contributed by atoms with Crippen molar-refractivity contribution in [3.05, 3.63) is 131 Å². The van der Waals surface area contributed by atoms with Crippen LogP contribution >= 0.6 is 0 Å². The molecule has 0 aromatic heterocycles. The number of Topliss-reactive ketones (excluding diaryl/α,β-unsaturated/α-hetero) is 1. The Morgan fingerprint density at radius 1 is 0.647 bits per heavy atom. The maximum Gasteiger partial charge on any atom is 0.408 e. The molecule has 14 heteroatoms. The molecule has 0 aliphatic rings. The van der Waals surface area contributed by atoms with Gasteiger partial charge in [-0.2, -0.15) is 0 Å². The first-order valence-electron chi connectivity index (χ1n) is 15.5. The number of carbonyl (C=O) groups is 6. The van der Waals surface area contributed by atoms with Crippen LogP contribution in [0.25, 0.3) is 0 Å². The van der Waals surface area contributed by atoms with Crippen molar-refractivity contribution in [2.45, 2.75) is 32.0 Å². The van der Waals surface area contributed by atoms with Crippen molar-refractivity contribution in [3.63, 3.8) is 0 Å². The van der Waals surface area contributed by atoms with Crippen LogP contribution in [0.1, 0.15) is 38.8 Å². The van der Waals surface area contributed by atoms with Gasteiger partial charge in [-0.3, -0.25) is 24.0 Å². The normalized spacial score (nSPS) is 11.3. The van der Waals surface area contributed by atoms with Gasteiger partial charge in [-0.25, -0.2) is 4.79 Å². The molecule has 4 aromatic rings. The number of nitrogens with two attached hydrogens (primary N) is 2. The Hall–Kier alpha value is -6.70. The summed E-state index contributed by atoms with van der Waals surface area (Å²) >= 11 is 0. The van der Waals surface area contributed by atoms with Crippen LogP contribution < -0.4 is 31.6 Å². The lowest BCUT2D eigenvalue weighted by molar-refractivity contribution is -0.141. The highest BCUT2D eigenvalue weighted by atomic mass is 16.5. The zero-order chi connectivity index (χ0) is 37.2. The van der Waals surface area contributed by atoms with Gasteiger partial charge in [0.15, 0.2) is 13.2 Å². The van der Waals surface area contributed by atoms with E-state index < -0.39 is 41.9 Å². The number of carbonyl (C=O) groups excluding carboxylic acids is 5. The maximum atomic E-state index is 12.4. The Balaban J connectivity index is 0.000000277. The lowest BCUT2D eigenvalue weighted by Gasteiger charge is -2.20. The number of carboxylic acids is 1. The lowest BCUT2D eigenvalue weighted by atomic mass is 10.1. The number of benzene rings is 4. The van der Waals surface area contributed by atoms with Gasteiger partial charge in [-0.15, -0.1) is 0 Å². The number of carboxylic acid groups (broad SMARTS) is 1. The summed E-state index contributed by atoms with van der Waals surface area (Å²) in [4.78, 5) is 69.9. The minimum absolute atomic E-state index is 0.0673. The Morgan fingerprint density at radius 3 is 1.57 bits per heavy atom. The molecule has 0 radical (unpaired) electrons.